The maximum Gasteiger partial charge on any atom is 0.258 e. The molecule has 0 bridgehead atoms. The van der Waals surface area contributed by atoms with Crippen LogP contribution in [0.15, 0.2) is 35.4 Å². The van der Waals surface area contributed by atoms with Crippen molar-refractivity contribution in [2.75, 3.05) is 11.5 Å². The smallest absolute Gasteiger partial charge is 0.258 e. The normalized spacial score (nSPS) is 19.1. The summed E-state index contributed by atoms with van der Waals surface area (Å²) in [5.74, 6) is 0.158. The summed E-state index contributed by atoms with van der Waals surface area (Å²) in [7, 11) is 0. The van der Waals surface area contributed by atoms with E-state index in [2.05, 4.69) is 16.4 Å². The second-order valence-electron chi connectivity index (χ2n) is 5.00. The zero-order valence-electron chi connectivity index (χ0n) is 12.3. The van der Waals surface area contributed by atoms with Gasteiger partial charge in [-0.2, -0.15) is 5.26 Å². The Morgan fingerprint density at radius 3 is 2.74 bits per heavy atom. The van der Waals surface area contributed by atoms with Gasteiger partial charge in [0.05, 0.1) is 11.1 Å². The average molecular weight is 326 g/mol. The van der Waals surface area contributed by atoms with Crippen LogP contribution in [0.2, 0.25) is 0 Å². The van der Waals surface area contributed by atoms with Crippen LogP contribution in [0, 0.1) is 11.3 Å². The average Bonchev–Trinajstić information content (AvgIpc) is 2.82. The van der Waals surface area contributed by atoms with Gasteiger partial charge in [-0.1, -0.05) is 37.3 Å². The third-order valence-corrected chi connectivity index (χ3v) is 4.52. The lowest BCUT2D eigenvalue weighted by atomic mass is 9.92. The number of hydrogen-bond acceptors (Lipinski definition) is 6. The lowest BCUT2D eigenvalue weighted by molar-refractivity contribution is 0.0473. The number of nitrogen functional groups attached to an aromatic ring is 1. The third-order valence-electron chi connectivity index (χ3n) is 3.66. The molecular weight excluding hydrogens is 312 g/mol. The predicted octanol–water partition coefficient (Wildman–Crippen LogP) is 1.58. The molecule has 3 rings (SSSR count). The summed E-state index contributed by atoms with van der Waals surface area (Å²) in [5.41, 5.74) is 4.99. The van der Waals surface area contributed by atoms with E-state index in [-0.39, 0.29) is 22.5 Å². The molecule has 2 heterocycles. The molecule has 1 aromatic carbocycles. The van der Waals surface area contributed by atoms with Crippen molar-refractivity contribution in [1.29, 1.82) is 5.26 Å². The summed E-state index contributed by atoms with van der Waals surface area (Å²) < 4.78 is 0. The number of hydrogen-bond donors (Lipinski definition) is 3. The van der Waals surface area contributed by atoms with Crippen molar-refractivity contribution in [3.8, 4) is 6.07 Å². The number of fused-ring (bicyclic) bond motifs is 1. The molecule has 0 saturated heterocycles. The zero-order valence-corrected chi connectivity index (χ0v) is 13.1. The van der Waals surface area contributed by atoms with Gasteiger partial charge in [-0.3, -0.25) is 4.79 Å². The molecule has 0 fully saturated rings. The number of aromatic nitrogens is 1. The van der Waals surface area contributed by atoms with Crippen molar-refractivity contribution < 1.29 is 9.90 Å². The zero-order chi connectivity index (χ0) is 16.6. The molecular formula is C16H14N4O2S. The van der Waals surface area contributed by atoms with Crippen LogP contribution in [-0.4, -0.2) is 21.8 Å². The minimum atomic E-state index is -1.79. The third kappa shape index (κ3) is 2.23. The van der Waals surface area contributed by atoms with Gasteiger partial charge in [-0.15, -0.1) is 11.8 Å². The van der Waals surface area contributed by atoms with Gasteiger partial charge in [0, 0.05) is 11.1 Å². The fourth-order valence-corrected chi connectivity index (χ4v) is 3.43. The number of benzene rings is 1. The van der Waals surface area contributed by atoms with Crippen LogP contribution >= 0.6 is 11.8 Å². The molecule has 1 amide bonds. The fourth-order valence-electron chi connectivity index (χ4n) is 2.70. The van der Waals surface area contributed by atoms with Crippen molar-refractivity contribution in [1.82, 2.24) is 10.3 Å². The number of carbonyl (C=O) groups is 1. The highest BCUT2D eigenvalue weighted by molar-refractivity contribution is 7.99. The van der Waals surface area contributed by atoms with E-state index >= 15 is 0 Å². The van der Waals surface area contributed by atoms with E-state index < -0.39 is 11.6 Å². The van der Waals surface area contributed by atoms with E-state index in [1.165, 1.54) is 11.8 Å². The number of rotatable bonds is 3. The molecule has 0 spiro atoms. The molecule has 23 heavy (non-hydrogen) atoms. The Bertz CT molecular complexity index is 832. The second-order valence-corrected chi connectivity index (χ2v) is 6.26. The number of pyridine rings is 1. The largest absolute Gasteiger partial charge is 0.383 e. The number of amides is 1. The number of nitrogens with one attached hydrogen (secondary N) is 1. The predicted molar refractivity (Wildman–Crippen MR) is 86.7 cm³/mol. The number of thioether (sulfide) groups is 1. The molecule has 1 aliphatic heterocycles. The minimum Gasteiger partial charge on any atom is -0.383 e. The van der Waals surface area contributed by atoms with Crippen LogP contribution in [0.1, 0.15) is 34.0 Å². The first-order valence-electron chi connectivity index (χ1n) is 7.00. The second kappa shape index (κ2) is 5.57. The highest BCUT2D eigenvalue weighted by Gasteiger charge is 2.47. The number of nitrogens with zero attached hydrogens (tertiary/aromatic N) is 2. The molecule has 1 aliphatic rings. The van der Waals surface area contributed by atoms with Crippen molar-refractivity contribution in [3.63, 3.8) is 0 Å². The maximum absolute atomic E-state index is 12.3. The van der Waals surface area contributed by atoms with E-state index in [1.54, 1.807) is 30.3 Å². The molecule has 0 aliphatic carbocycles. The molecule has 6 nitrogen and oxygen atoms in total. The first kappa shape index (κ1) is 15.3. The highest BCUT2D eigenvalue weighted by Crippen LogP contribution is 2.41. The molecule has 0 saturated carbocycles. The monoisotopic (exact) mass is 326 g/mol. The number of nitriles is 1. The van der Waals surface area contributed by atoms with Crippen molar-refractivity contribution in [2.24, 2.45) is 0 Å². The van der Waals surface area contributed by atoms with Crippen molar-refractivity contribution in [3.05, 3.63) is 52.6 Å². The standard InChI is InChI=1S/C16H14N4O2S/c1-2-23-15-10(8-17)12-11(13(18)19-15)14(21)20-16(12,22)9-6-4-3-5-7-9/h3-7,22H,2H2,1H3,(H2,18,19)(H,20,21). The van der Waals surface area contributed by atoms with Crippen LogP contribution in [0.5, 0.6) is 0 Å². The number of anilines is 1. The summed E-state index contributed by atoms with van der Waals surface area (Å²) >= 11 is 1.34. The number of nitrogens with two attached hydrogens (primary N) is 1. The highest BCUT2D eigenvalue weighted by atomic mass is 32.2. The summed E-state index contributed by atoms with van der Waals surface area (Å²) in [4.78, 5) is 16.5. The van der Waals surface area contributed by atoms with Gasteiger partial charge in [-0.25, -0.2) is 4.98 Å². The molecule has 1 atom stereocenters. The Labute approximate surface area is 137 Å². The van der Waals surface area contributed by atoms with Crippen LogP contribution in [0.25, 0.3) is 0 Å². The minimum absolute atomic E-state index is 0.0132. The Morgan fingerprint density at radius 2 is 2.13 bits per heavy atom. The number of carbonyl (C=O) groups excluding carboxylic acids is 1. The summed E-state index contributed by atoms with van der Waals surface area (Å²) in [6.07, 6.45) is 0. The summed E-state index contributed by atoms with van der Waals surface area (Å²) in [6, 6.07) is 10.7. The number of aliphatic hydroxyl groups is 1. The Hall–Kier alpha value is -2.56. The van der Waals surface area contributed by atoms with Gasteiger partial charge < -0.3 is 16.2 Å². The van der Waals surface area contributed by atoms with E-state index in [9.17, 15) is 15.2 Å². The first-order chi connectivity index (χ1) is 11.0. The van der Waals surface area contributed by atoms with Crippen LogP contribution in [0.4, 0.5) is 5.82 Å². The lowest BCUT2D eigenvalue weighted by Gasteiger charge is -2.25. The Balaban J connectivity index is 2.35. The van der Waals surface area contributed by atoms with Crippen LogP contribution in [0.3, 0.4) is 0 Å². The summed E-state index contributed by atoms with van der Waals surface area (Å²) in [5, 5.41) is 23.7. The molecule has 2 aromatic rings. The molecule has 116 valence electrons. The van der Waals surface area contributed by atoms with E-state index in [1.807, 2.05) is 6.92 Å². The van der Waals surface area contributed by atoms with Gasteiger partial charge in [-0.05, 0) is 5.75 Å². The van der Waals surface area contributed by atoms with E-state index in [0.29, 0.717) is 16.3 Å². The first-order valence-corrected chi connectivity index (χ1v) is 7.98. The molecule has 1 aromatic heterocycles. The molecule has 4 N–H and O–H groups in total. The van der Waals surface area contributed by atoms with Gasteiger partial charge in [0.15, 0.2) is 5.72 Å². The van der Waals surface area contributed by atoms with Crippen molar-refractivity contribution in [2.45, 2.75) is 17.7 Å². The van der Waals surface area contributed by atoms with Gasteiger partial charge >= 0.3 is 0 Å². The van der Waals surface area contributed by atoms with Gasteiger partial charge in [0.2, 0.25) is 0 Å². The lowest BCUT2D eigenvalue weighted by Crippen LogP contribution is -2.40. The molecule has 1 unspecified atom stereocenters. The van der Waals surface area contributed by atoms with E-state index in [4.69, 9.17) is 5.73 Å². The summed E-state index contributed by atoms with van der Waals surface area (Å²) in [6.45, 7) is 1.92. The molecule has 0 radical (unpaired) electrons. The van der Waals surface area contributed by atoms with Crippen LogP contribution < -0.4 is 11.1 Å². The Morgan fingerprint density at radius 1 is 1.43 bits per heavy atom. The van der Waals surface area contributed by atoms with Gasteiger partial charge in [0.1, 0.15) is 16.9 Å². The molecule has 7 heteroatoms. The topological polar surface area (TPSA) is 112 Å². The van der Waals surface area contributed by atoms with Crippen LogP contribution in [-0.2, 0) is 5.72 Å². The van der Waals surface area contributed by atoms with Gasteiger partial charge in [0.25, 0.3) is 5.91 Å². The SMILES string of the molecule is CCSc1nc(N)c2c(c1C#N)C(O)(c1ccccc1)NC2=O. The Kier molecular flexibility index (Phi) is 3.72. The van der Waals surface area contributed by atoms with Crippen molar-refractivity contribution >= 4 is 23.5 Å². The maximum atomic E-state index is 12.3. The quantitative estimate of drug-likeness (QED) is 0.738. The fraction of sp³-hybridized carbons (Fsp3) is 0.188. The van der Waals surface area contributed by atoms with E-state index in [0.717, 1.165) is 0 Å².